The highest BCUT2D eigenvalue weighted by molar-refractivity contribution is 6.07. The number of aromatic nitrogens is 1. The molecule has 1 atom stereocenters. The number of para-hydroxylation sites is 1. The largest absolute Gasteiger partial charge is 0.352 e. The van der Waals surface area contributed by atoms with Gasteiger partial charge >= 0.3 is 0 Å². The van der Waals surface area contributed by atoms with Gasteiger partial charge in [-0.05, 0) is 43.5 Å². The summed E-state index contributed by atoms with van der Waals surface area (Å²) >= 11 is 0. The molecule has 1 aromatic heterocycles. The van der Waals surface area contributed by atoms with E-state index in [1.54, 1.807) is 17.0 Å². The van der Waals surface area contributed by atoms with Crippen LogP contribution in [-0.4, -0.2) is 29.4 Å². The fraction of sp³-hybridized carbons (Fsp3) is 0.316. The Bertz CT molecular complexity index is 773. The first kappa shape index (κ1) is 16.2. The number of carbonyl (C=O) groups excluding carboxylic acids is 2. The summed E-state index contributed by atoms with van der Waals surface area (Å²) in [4.78, 5) is 31.0. The number of hydrogen-bond donors (Lipinski definition) is 1. The highest BCUT2D eigenvalue weighted by Gasteiger charge is 2.32. The summed E-state index contributed by atoms with van der Waals surface area (Å²) < 4.78 is 0. The Labute approximate surface area is 141 Å². The number of pyridine rings is 1. The van der Waals surface area contributed by atoms with Gasteiger partial charge in [0.25, 0.3) is 11.8 Å². The van der Waals surface area contributed by atoms with Crippen molar-refractivity contribution in [3.8, 4) is 0 Å². The molecule has 1 unspecified atom stereocenters. The molecule has 1 N–H and O–H groups in total. The maximum Gasteiger partial charge on any atom is 0.277 e. The average Bonchev–Trinajstić information content (AvgIpc) is 2.94. The zero-order valence-electron chi connectivity index (χ0n) is 14.0. The van der Waals surface area contributed by atoms with Crippen LogP contribution in [0.15, 0.2) is 42.6 Å². The molecule has 5 heteroatoms. The molecule has 1 aliphatic rings. The molecule has 3 rings (SSSR count). The van der Waals surface area contributed by atoms with Crippen LogP contribution in [0.2, 0.25) is 0 Å². The van der Waals surface area contributed by atoms with Crippen molar-refractivity contribution in [1.82, 2.24) is 10.3 Å². The first-order valence-corrected chi connectivity index (χ1v) is 8.27. The molecule has 0 spiro atoms. The highest BCUT2D eigenvalue weighted by Crippen LogP contribution is 2.32. The Morgan fingerprint density at radius 3 is 2.88 bits per heavy atom. The minimum absolute atomic E-state index is 0.0780. The molecule has 0 radical (unpaired) electrons. The Hall–Kier alpha value is -2.69. The second-order valence-electron chi connectivity index (χ2n) is 6.04. The predicted octanol–water partition coefficient (Wildman–Crippen LogP) is 2.81. The van der Waals surface area contributed by atoms with Crippen molar-refractivity contribution in [3.63, 3.8) is 0 Å². The molecule has 0 saturated carbocycles. The van der Waals surface area contributed by atoms with E-state index in [0.29, 0.717) is 17.8 Å². The number of rotatable bonds is 4. The quantitative estimate of drug-likeness (QED) is 0.941. The molecular formula is C19H21N3O2. The molecule has 2 aromatic rings. The lowest BCUT2D eigenvalue weighted by atomic mass is 10.1. The summed E-state index contributed by atoms with van der Waals surface area (Å²) in [5.41, 5.74) is 2.84. The van der Waals surface area contributed by atoms with Gasteiger partial charge in [-0.2, -0.15) is 0 Å². The number of amides is 2. The summed E-state index contributed by atoms with van der Waals surface area (Å²) in [5.74, 6) is -0.347. The molecule has 124 valence electrons. The number of fused-ring (bicyclic) bond motifs is 1. The number of benzene rings is 1. The molecular weight excluding hydrogens is 302 g/mol. The van der Waals surface area contributed by atoms with E-state index in [2.05, 4.69) is 10.3 Å². The molecule has 1 aromatic carbocycles. The third-order valence-corrected chi connectivity index (χ3v) is 4.20. The minimum Gasteiger partial charge on any atom is -0.352 e. The van der Waals surface area contributed by atoms with Gasteiger partial charge in [0.1, 0.15) is 5.69 Å². The lowest BCUT2D eigenvalue weighted by Gasteiger charge is -2.22. The van der Waals surface area contributed by atoms with E-state index in [4.69, 9.17) is 0 Å². The Morgan fingerprint density at radius 1 is 1.29 bits per heavy atom. The molecule has 0 fully saturated rings. The summed E-state index contributed by atoms with van der Waals surface area (Å²) in [5, 5.41) is 2.82. The Kier molecular flexibility index (Phi) is 4.60. The van der Waals surface area contributed by atoms with Crippen LogP contribution in [0.25, 0.3) is 0 Å². The van der Waals surface area contributed by atoms with Gasteiger partial charge in [0.2, 0.25) is 0 Å². The van der Waals surface area contributed by atoms with Crippen molar-refractivity contribution < 1.29 is 9.59 Å². The van der Waals surface area contributed by atoms with Gasteiger partial charge in [-0.25, -0.2) is 0 Å². The van der Waals surface area contributed by atoms with Crippen molar-refractivity contribution in [2.24, 2.45) is 0 Å². The molecule has 2 heterocycles. The number of nitrogens with one attached hydrogen (secondary N) is 1. The van der Waals surface area contributed by atoms with Crippen LogP contribution in [0.4, 0.5) is 5.69 Å². The topological polar surface area (TPSA) is 62.3 Å². The van der Waals surface area contributed by atoms with Crippen LogP contribution in [0, 0.1) is 0 Å². The van der Waals surface area contributed by atoms with Gasteiger partial charge in [-0.3, -0.25) is 14.6 Å². The van der Waals surface area contributed by atoms with Crippen LogP contribution in [-0.2, 0) is 6.42 Å². The van der Waals surface area contributed by atoms with Crippen LogP contribution in [0.5, 0.6) is 0 Å². The number of hydrogen-bond acceptors (Lipinski definition) is 3. The van der Waals surface area contributed by atoms with Crippen molar-refractivity contribution in [2.45, 2.75) is 32.7 Å². The van der Waals surface area contributed by atoms with Crippen LogP contribution in [0.1, 0.15) is 46.7 Å². The van der Waals surface area contributed by atoms with Crippen molar-refractivity contribution in [2.75, 3.05) is 11.4 Å². The second-order valence-corrected chi connectivity index (χ2v) is 6.04. The molecule has 1 aliphatic heterocycles. The van der Waals surface area contributed by atoms with E-state index in [9.17, 15) is 9.59 Å². The fourth-order valence-electron chi connectivity index (χ4n) is 3.03. The molecule has 5 nitrogen and oxygen atoms in total. The highest BCUT2D eigenvalue weighted by atomic mass is 16.2. The van der Waals surface area contributed by atoms with Gasteiger partial charge in [0.05, 0.1) is 0 Å². The lowest BCUT2D eigenvalue weighted by molar-refractivity contribution is 0.0953. The van der Waals surface area contributed by atoms with E-state index in [-0.39, 0.29) is 17.9 Å². The molecule has 2 amide bonds. The number of anilines is 1. The van der Waals surface area contributed by atoms with Crippen LogP contribution < -0.4 is 10.2 Å². The molecule has 0 bridgehead atoms. The number of carbonyl (C=O) groups is 2. The first-order valence-electron chi connectivity index (χ1n) is 8.27. The summed E-state index contributed by atoms with van der Waals surface area (Å²) in [6.07, 6.45) is 3.21. The Morgan fingerprint density at radius 2 is 2.08 bits per heavy atom. The van der Waals surface area contributed by atoms with Crippen LogP contribution in [0.3, 0.4) is 0 Å². The summed E-state index contributed by atoms with van der Waals surface area (Å²) in [6, 6.07) is 11.2. The van der Waals surface area contributed by atoms with Gasteiger partial charge in [0, 0.05) is 30.0 Å². The average molecular weight is 323 g/mol. The SMILES string of the molecule is CCCNC(=O)c1ccnc(C(=O)N2c3ccccc3CC2C)c1. The van der Waals surface area contributed by atoms with Crippen molar-refractivity contribution >= 4 is 17.5 Å². The fourth-order valence-corrected chi connectivity index (χ4v) is 3.03. The number of nitrogens with zero attached hydrogens (tertiary/aromatic N) is 2. The standard InChI is InChI=1S/C19H21N3O2/c1-3-9-21-18(23)15-8-10-20-16(12-15)19(24)22-13(2)11-14-6-4-5-7-17(14)22/h4-8,10,12-13H,3,9,11H2,1-2H3,(H,21,23). The predicted molar refractivity (Wildman–Crippen MR) is 93.3 cm³/mol. The normalized spacial score (nSPS) is 15.9. The third-order valence-electron chi connectivity index (χ3n) is 4.20. The van der Waals surface area contributed by atoms with E-state index < -0.39 is 0 Å². The molecule has 24 heavy (non-hydrogen) atoms. The lowest BCUT2D eigenvalue weighted by Crippen LogP contribution is -2.36. The van der Waals surface area contributed by atoms with Gasteiger partial charge in [-0.1, -0.05) is 25.1 Å². The van der Waals surface area contributed by atoms with E-state index in [1.165, 1.54) is 6.20 Å². The van der Waals surface area contributed by atoms with E-state index >= 15 is 0 Å². The molecule has 0 saturated heterocycles. The van der Waals surface area contributed by atoms with Gasteiger partial charge < -0.3 is 10.2 Å². The van der Waals surface area contributed by atoms with Crippen molar-refractivity contribution in [1.29, 1.82) is 0 Å². The maximum absolute atomic E-state index is 12.9. The zero-order valence-corrected chi connectivity index (χ0v) is 14.0. The monoisotopic (exact) mass is 323 g/mol. The first-order chi connectivity index (χ1) is 11.6. The third kappa shape index (κ3) is 3.02. The van der Waals surface area contributed by atoms with E-state index in [1.807, 2.05) is 38.1 Å². The second kappa shape index (κ2) is 6.83. The minimum atomic E-state index is -0.178. The molecule has 0 aliphatic carbocycles. The van der Waals surface area contributed by atoms with E-state index in [0.717, 1.165) is 24.1 Å². The maximum atomic E-state index is 12.9. The summed E-state index contributed by atoms with van der Waals surface area (Å²) in [7, 11) is 0. The Balaban J connectivity index is 1.87. The van der Waals surface area contributed by atoms with Gasteiger partial charge in [-0.15, -0.1) is 0 Å². The van der Waals surface area contributed by atoms with Crippen molar-refractivity contribution in [3.05, 3.63) is 59.4 Å². The van der Waals surface area contributed by atoms with Crippen LogP contribution >= 0.6 is 0 Å². The summed E-state index contributed by atoms with van der Waals surface area (Å²) in [6.45, 7) is 4.63. The van der Waals surface area contributed by atoms with Gasteiger partial charge in [0.15, 0.2) is 0 Å². The smallest absolute Gasteiger partial charge is 0.277 e. The zero-order chi connectivity index (χ0) is 17.1.